The van der Waals surface area contributed by atoms with Gasteiger partial charge in [0.2, 0.25) is 5.91 Å². The molecule has 0 saturated carbocycles. The molecule has 0 bridgehead atoms. The number of nitrogens with zero attached hydrogens (tertiary/aromatic N) is 3. The summed E-state index contributed by atoms with van der Waals surface area (Å²) in [5.41, 5.74) is 5.56. The summed E-state index contributed by atoms with van der Waals surface area (Å²) in [6, 6.07) is 22.4. The summed E-state index contributed by atoms with van der Waals surface area (Å²) >= 11 is 0. The molecule has 31 heavy (non-hydrogen) atoms. The zero-order valence-electron chi connectivity index (χ0n) is 18.4. The number of rotatable bonds is 4. The van der Waals surface area contributed by atoms with Gasteiger partial charge in [-0.2, -0.15) is 0 Å². The summed E-state index contributed by atoms with van der Waals surface area (Å²) in [5, 5.41) is 0. The number of anilines is 3. The van der Waals surface area contributed by atoms with E-state index >= 15 is 0 Å². The van der Waals surface area contributed by atoms with Crippen molar-refractivity contribution < 1.29 is 9.59 Å². The molecular weight excluding hydrogens is 386 g/mol. The van der Waals surface area contributed by atoms with Crippen LogP contribution in [0.15, 0.2) is 72.8 Å². The van der Waals surface area contributed by atoms with E-state index in [-0.39, 0.29) is 18.4 Å². The first-order valence-corrected chi connectivity index (χ1v) is 10.4. The molecule has 158 valence electrons. The van der Waals surface area contributed by atoms with Crippen LogP contribution in [0.4, 0.5) is 17.1 Å². The van der Waals surface area contributed by atoms with Crippen LogP contribution in [0.25, 0.3) is 0 Å². The van der Waals surface area contributed by atoms with Crippen LogP contribution in [0.2, 0.25) is 0 Å². The molecule has 5 heteroatoms. The van der Waals surface area contributed by atoms with Crippen molar-refractivity contribution in [2.75, 3.05) is 35.3 Å². The van der Waals surface area contributed by atoms with Crippen LogP contribution >= 0.6 is 0 Å². The predicted molar refractivity (Wildman–Crippen MR) is 126 cm³/mol. The first-order chi connectivity index (χ1) is 14.9. The Morgan fingerprint density at radius 3 is 2.10 bits per heavy atom. The molecule has 0 N–H and O–H groups in total. The molecule has 1 saturated heterocycles. The van der Waals surface area contributed by atoms with Crippen LogP contribution in [0.3, 0.4) is 0 Å². The van der Waals surface area contributed by atoms with Crippen molar-refractivity contribution in [3.63, 3.8) is 0 Å². The Morgan fingerprint density at radius 1 is 0.806 bits per heavy atom. The zero-order chi connectivity index (χ0) is 22.1. The number of aryl methyl sites for hydroxylation is 2. The van der Waals surface area contributed by atoms with Gasteiger partial charge in [-0.05, 0) is 66.9 Å². The maximum Gasteiger partial charge on any atom is 0.255 e. The number of amides is 2. The van der Waals surface area contributed by atoms with Gasteiger partial charge in [-0.25, -0.2) is 0 Å². The molecule has 4 rings (SSSR count). The molecule has 1 aliphatic rings. The van der Waals surface area contributed by atoms with Gasteiger partial charge in [0.25, 0.3) is 5.91 Å². The molecule has 1 aliphatic heterocycles. The summed E-state index contributed by atoms with van der Waals surface area (Å²) in [6.45, 7) is 4.07. The fourth-order valence-electron chi connectivity index (χ4n) is 3.93. The largest absolute Gasteiger partial charge is 0.378 e. The second-order valence-electron chi connectivity index (χ2n) is 8.18. The van der Waals surface area contributed by atoms with Crippen molar-refractivity contribution in [3.8, 4) is 0 Å². The first-order valence-electron chi connectivity index (χ1n) is 10.4. The van der Waals surface area contributed by atoms with Gasteiger partial charge in [0, 0.05) is 31.2 Å². The molecule has 0 radical (unpaired) electrons. The van der Waals surface area contributed by atoms with E-state index in [4.69, 9.17) is 0 Å². The first kappa shape index (κ1) is 20.7. The van der Waals surface area contributed by atoms with Crippen LogP contribution in [-0.2, 0) is 9.59 Å². The number of carbonyl (C=O) groups is 2. The van der Waals surface area contributed by atoms with E-state index < -0.39 is 6.04 Å². The maximum atomic E-state index is 13.8. The van der Waals surface area contributed by atoms with Crippen LogP contribution in [0, 0.1) is 13.8 Å². The van der Waals surface area contributed by atoms with E-state index in [1.807, 2.05) is 106 Å². The minimum atomic E-state index is -0.721. The summed E-state index contributed by atoms with van der Waals surface area (Å²) in [4.78, 5) is 32.4. The number of benzene rings is 3. The number of piperazine rings is 1. The molecule has 1 heterocycles. The zero-order valence-corrected chi connectivity index (χ0v) is 18.4. The molecule has 0 aliphatic carbocycles. The SMILES string of the molecule is Cc1ccc(N2CC(=O)N(c3ccccc3)C(c3ccc(N(C)C)cc3)C2=O)cc1C. The summed E-state index contributed by atoms with van der Waals surface area (Å²) < 4.78 is 0. The Bertz CT molecular complexity index is 1110. The van der Waals surface area contributed by atoms with E-state index in [9.17, 15) is 9.59 Å². The lowest BCUT2D eigenvalue weighted by Gasteiger charge is -2.40. The number of hydrogen-bond acceptors (Lipinski definition) is 3. The second-order valence-corrected chi connectivity index (χ2v) is 8.18. The van der Waals surface area contributed by atoms with Gasteiger partial charge in [0.15, 0.2) is 0 Å². The van der Waals surface area contributed by atoms with Gasteiger partial charge < -0.3 is 9.80 Å². The molecule has 2 amide bonds. The lowest BCUT2D eigenvalue weighted by molar-refractivity contribution is -0.128. The molecule has 0 spiro atoms. The average Bonchev–Trinajstić information content (AvgIpc) is 2.77. The van der Waals surface area contributed by atoms with Gasteiger partial charge >= 0.3 is 0 Å². The van der Waals surface area contributed by atoms with Crippen molar-refractivity contribution >= 4 is 28.9 Å². The number of carbonyl (C=O) groups excluding carboxylic acids is 2. The highest BCUT2D eigenvalue weighted by molar-refractivity contribution is 6.14. The molecule has 3 aromatic carbocycles. The fourth-order valence-corrected chi connectivity index (χ4v) is 3.93. The third-order valence-electron chi connectivity index (χ3n) is 5.88. The topological polar surface area (TPSA) is 43.9 Å². The lowest BCUT2D eigenvalue weighted by atomic mass is 9.98. The van der Waals surface area contributed by atoms with Crippen molar-refractivity contribution in [1.82, 2.24) is 0 Å². The highest BCUT2D eigenvalue weighted by atomic mass is 16.2. The standard InChI is InChI=1S/C26H27N3O2/c1-18-10-13-23(16-19(18)2)28-17-24(30)29(22-8-6-5-7-9-22)25(26(28)31)20-11-14-21(15-12-20)27(3)4/h5-16,25H,17H2,1-4H3. The maximum absolute atomic E-state index is 13.8. The molecule has 0 aromatic heterocycles. The number of hydrogen-bond donors (Lipinski definition) is 0. The van der Waals surface area contributed by atoms with Gasteiger partial charge in [-0.1, -0.05) is 36.4 Å². The molecule has 1 unspecified atom stereocenters. The molecule has 3 aromatic rings. The molecule has 1 atom stereocenters. The number of para-hydroxylation sites is 1. The van der Waals surface area contributed by atoms with Crippen molar-refractivity contribution in [2.45, 2.75) is 19.9 Å². The van der Waals surface area contributed by atoms with Gasteiger partial charge in [0.05, 0.1) is 0 Å². The molecule has 5 nitrogen and oxygen atoms in total. The fraction of sp³-hybridized carbons (Fsp3) is 0.231. The normalized spacial score (nSPS) is 16.6. The van der Waals surface area contributed by atoms with E-state index in [2.05, 4.69) is 0 Å². The summed E-state index contributed by atoms with van der Waals surface area (Å²) in [7, 11) is 3.95. The third-order valence-corrected chi connectivity index (χ3v) is 5.88. The monoisotopic (exact) mass is 413 g/mol. The van der Waals surface area contributed by atoms with Crippen LogP contribution in [-0.4, -0.2) is 32.5 Å². The van der Waals surface area contributed by atoms with Gasteiger partial charge in [0.1, 0.15) is 12.6 Å². The van der Waals surface area contributed by atoms with Crippen LogP contribution in [0.5, 0.6) is 0 Å². The van der Waals surface area contributed by atoms with E-state index in [0.717, 1.165) is 33.8 Å². The van der Waals surface area contributed by atoms with Gasteiger partial charge in [-0.15, -0.1) is 0 Å². The Labute approximate surface area is 183 Å². The van der Waals surface area contributed by atoms with Crippen LogP contribution < -0.4 is 14.7 Å². The quantitative estimate of drug-likeness (QED) is 0.633. The average molecular weight is 414 g/mol. The smallest absolute Gasteiger partial charge is 0.255 e. The van der Waals surface area contributed by atoms with E-state index in [0.29, 0.717) is 0 Å². The van der Waals surface area contributed by atoms with Gasteiger partial charge in [-0.3, -0.25) is 14.5 Å². The van der Waals surface area contributed by atoms with Crippen molar-refractivity contribution in [1.29, 1.82) is 0 Å². The Morgan fingerprint density at radius 2 is 1.48 bits per heavy atom. The summed E-state index contributed by atoms with van der Waals surface area (Å²) in [5.74, 6) is -0.213. The van der Waals surface area contributed by atoms with Crippen LogP contribution in [0.1, 0.15) is 22.7 Å². The minimum Gasteiger partial charge on any atom is -0.378 e. The molecular formula is C26H27N3O2. The van der Waals surface area contributed by atoms with Crippen molar-refractivity contribution in [3.05, 3.63) is 89.5 Å². The Hall–Kier alpha value is -3.60. The van der Waals surface area contributed by atoms with E-state index in [1.54, 1.807) is 9.80 Å². The highest BCUT2D eigenvalue weighted by Gasteiger charge is 2.41. The predicted octanol–water partition coefficient (Wildman–Crippen LogP) is 4.49. The van der Waals surface area contributed by atoms with E-state index in [1.165, 1.54) is 0 Å². The third kappa shape index (κ3) is 3.91. The Balaban J connectivity index is 1.80. The lowest BCUT2D eigenvalue weighted by Crippen LogP contribution is -2.56. The Kier molecular flexibility index (Phi) is 5.51. The second kappa shape index (κ2) is 8.26. The van der Waals surface area contributed by atoms with Crippen molar-refractivity contribution in [2.24, 2.45) is 0 Å². The highest BCUT2D eigenvalue weighted by Crippen LogP contribution is 2.35. The summed E-state index contributed by atoms with van der Waals surface area (Å²) in [6.07, 6.45) is 0. The minimum absolute atomic E-state index is 0.0164. The molecule has 1 fully saturated rings.